The molecule has 2 aromatic rings. The zero-order valence-corrected chi connectivity index (χ0v) is 24.8. The van der Waals surface area contributed by atoms with Crippen LogP contribution in [0, 0.1) is 5.82 Å². The number of benzene rings is 2. The summed E-state index contributed by atoms with van der Waals surface area (Å²) in [6, 6.07) is 9.27. The highest BCUT2D eigenvalue weighted by atomic mass is 35.5. The Bertz CT molecular complexity index is 1290. The fourth-order valence-electron chi connectivity index (χ4n) is 3.88. The Hall–Kier alpha value is -2.61. The number of halogens is 2. The largest absolute Gasteiger partial charge is 0.390 e. The molecule has 0 saturated heterocycles. The molecule has 2 amide bonds. The van der Waals surface area contributed by atoms with Gasteiger partial charge in [0.2, 0.25) is 0 Å². The van der Waals surface area contributed by atoms with Crippen LogP contribution in [0.3, 0.4) is 0 Å². The first-order valence-electron chi connectivity index (χ1n) is 12.5. The smallest absolute Gasteiger partial charge is 0.265 e. The van der Waals surface area contributed by atoms with E-state index in [0.29, 0.717) is 16.9 Å². The minimum atomic E-state index is -1.37. The van der Waals surface area contributed by atoms with Gasteiger partial charge < -0.3 is 30.4 Å². The number of unbranched alkanes of at least 4 members (excludes halogenated alkanes) is 1. The van der Waals surface area contributed by atoms with Crippen molar-refractivity contribution in [1.82, 2.24) is 0 Å². The Morgan fingerprint density at radius 2 is 2.08 bits per heavy atom. The number of hydrogen-bond acceptors (Lipinski definition) is 8. The molecule has 218 valence electrons. The molecule has 3 rings (SSSR count). The van der Waals surface area contributed by atoms with E-state index in [1.54, 1.807) is 24.3 Å². The Balaban J connectivity index is 1.74. The molecule has 9 nitrogen and oxygen atoms in total. The summed E-state index contributed by atoms with van der Waals surface area (Å²) in [5.41, 5.74) is 1.06. The number of methoxy groups -OCH3 is 1. The van der Waals surface area contributed by atoms with Gasteiger partial charge in [0.1, 0.15) is 23.1 Å². The molecule has 1 aliphatic rings. The lowest BCUT2D eigenvalue weighted by atomic mass is 10.0. The van der Waals surface area contributed by atoms with Crippen molar-refractivity contribution in [2.45, 2.75) is 44.3 Å². The van der Waals surface area contributed by atoms with Crippen molar-refractivity contribution in [3.05, 3.63) is 58.4 Å². The summed E-state index contributed by atoms with van der Waals surface area (Å²) >= 11 is 10.5. The maximum absolute atomic E-state index is 14.4. The number of aliphatic hydroxyl groups is 2. The summed E-state index contributed by atoms with van der Waals surface area (Å²) in [6.07, 6.45) is 0.734. The van der Waals surface area contributed by atoms with Crippen LogP contribution in [0.2, 0.25) is 5.02 Å². The van der Waals surface area contributed by atoms with E-state index in [9.17, 15) is 24.2 Å². The molecule has 2 aromatic carbocycles. The molecule has 1 aliphatic heterocycles. The predicted molar refractivity (Wildman–Crippen MR) is 163 cm³/mol. The summed E-state index contributed by atoms with van der Waals surface area (Å²) < 4.78 is 19.9. The summed E-state index contributed by atoms with van der Waals surface area (Å²) in [7, 11) is 0.423. The van der Waals surface area contributed by atoms with Crippen molar-refractivity contribution < 1.29 is 33.8 Å². The first kappa shape index (κ1) is 31.9. The number of ether oxygens (including phenoxy) is 1. The quantitative estimate of drug-likeness (QED) is 0.0642. The van der Waals surface area contributed by atoms with Crippen molar-refractivity contribution in [1.29, 1.82) is 0 Å². The van der Waals surface area contributed by atoms with Crippen molar-refractivity contribution >= 4 is 73.7 Å². The summed E-state index contributed by atoms with van der Waals surface area (Å²) in [6.45, 7) is 2.95. The van der Waals surface area contributed by atoms with Crippen LogP contribution < -0.4 is 10.6 Å². The van der Waals surface area contributed by atoms with Gasteiger partial charge in [-0.3, -0.25) is 9.59 Å². The number of thiol groups is 2. The van der Waals surface area contributed by atoms with Crippen molar-refractivity contribution in [3.8, 4) is 0 Å². The SMILES string of the molecule is CCCC[SH](S)[C@H](OC)/C(=N/OCC(=O)Nc1ccc2c(c1)/C(=C\c1cccc(Cl)c1F)C(=O)N2)[C@@H](O)[C@@H](C)O. The van der Waals surface area contributed by atoms with Crippen LogP contribution >= 0.6 is 33.2 Å². The molecular weight excluding hydrogens is 581 g/mol. The van der Waals surface area contributed by atoms with Crippen LogP contribution in [0.4, 0.5) is 15.8 Å². The van der Waals surface area contributed by atoms with Gasteiger partial charge in [0.25, 0.3) is 11.8 Å². The van der Waals surface area contributed by atoms with Crippen molar-refractivity contribution in [2.24, 2.45) is 5.16 Å². The third kappa shape index (κ3) is 7.99. The molecule has 4 atom stereocenters. The molecule has 0 aliphatic carbocycles. The lowest BCUT2D eigenvalue weighted by Gasteiger charge is -2.29. The minimum Gasteiger partial charge on any atom is -0.390 e. The molecule has 0 radical (unpaired) electrons. The van der Waals surface area contributed by atoms with Crippen molar-refractivity contribution in [2.75, 3.05) is 30.1 Å². The van der Waals surface area contributed by atoms with Crippen LogP contribution in [0.25, 0.3) is 11.6 Å². The lowest BCUT2D eigenvalue weighted by molar-refractivity contribution is -0.120. The van der Waals surface area contributed by atoms with E-state index in [1.165, 1.54) is 32.2 Å². The third-order valence-corrected chi connectivity index (χ3v) is 9.29. The molecular formula is C27H33ClFN3O6S2. The highest BCUT2D eigenvalue weighted by Crippen LogP contribution is 2.39. The second-order valence-corrected chi connectivity index (χ2v) is 12.8. The van der Waals surface area contributed by atoms with Crippen LogP contribution in [0.5, 0.6) is 0 Å². The highest BCUT2D eigenvalue weighted by molar-refractivity contribution is 8.78. The van der Waals surface area contributed by atoms with Crippen LogP contribution in [0.1, 0.15) is 37.8 Å². The zero-order valence-electron chi connectivity index (χ0n) is 22.2. The number of aliphatic hydroxyl groups excluding tert-OH is 2. The zero-order chi connectivity index (χ0) is 29.4. The molecule has 0 aromatic heterocycles. The molecule has 40 heavy (non-hydrogen) atoms. The molecule has 4 N–H and O–H groups in total. The predicted octanol–water partition coefficient (Wildman–Crippen LogP) is 4.64. The van der Waals surface area contributed by atoms with E-state index in [4.69, 9.17) is 21.2 Å². The molecule has 0 spiro atoms. The number of nitrogens with zero attached hydrogens (tertiary/aromatic N) is 1. The topological polar surface area (TPSA) is 129 Å². The van der Waals surface area contributed by atoms with Gasteiger partial charge in [-0.2, -0.15) is 9.93 Å². The maximum atomic E-state index is 14.4. The first-order valence-corrected chi connectivity index (χ1v) is 15.7. The second-order valence-electron chi connectivity index (χ2n) is 9.04. The normalized spacial score (nSPS) is 17.6. The third-order valence-electron chi connectivity index (χ3n) is 5.98. The van der Waals surface area contributed by atoms with Crippen molar-refractivity contribution in [3.63, 3.8) is 0 Å². The number of carbonyl (C=O) groups is 2. The monoisotopic (exact) mass is 613 g/mol. The Kier molecular flexibility index (Phi) is 11.9. The number of hydrogen-bond donors (Lipinski definition) is 6. The van der Waals surface area contributed by atoms with Gasteiger partial charge in [-0.15, -0.1) is 11.7 Å². The number of oxime groups is 1. The van der Waals surface area contributed by atoms with E-state index in [1.807, 2.05) is 6.92 Å². The lowest BCUT2D eigenvalue weighted by Crippen LogP contribution is -2.40. The standard InChI is InChI=1S/C27H33ClFN3O6S2/c1-4-5-11-40(39)27(37-3)24(25(35)15(2)33)32-38-14-22(34)30-17-9-10-21-18(13-17)19(26(36)31-21)12-16-7-6-8-20(28)23(16)29/h6-10,12-13,15,25,27,33,35,39-40H,4-5,11,14H2,1-3H3,(H,30,34)(H,31,36)/b19-12+,32-24+/t15-,25+,27+/m1/s1. The first-order chi connectivity index (χ1) is 19.1. The van der Waals surface area contributed by atoms with Crippen LogP contribution in [-0.2, 0) is 19.2 Å². The van der Waals surface area contributed by atoms with Gasteiger partial charge in [-0.1, -0.05) is 42.2 Å². The molecule has 1 heterocycles. The van der Waals surface area contributed by atoms with Gasteiger partial charge in [-0.05, 0) is 49.4 Å². The number of fused-ring (bicyclic) bond motifs is 1. The Morgan fingerprint density at radius 3 is 2.75 bits per heavy atom. The highest BCUT2D eigenvalue weighted by Gasteiger charge is 2.31. The van der Waals surface area contributed by atoms with E-state index in [-0.39, 0.29) is 21.9 Å². The Labute approximate surface area is 244 Å². The van der Waals surface area contributed by atoms with Gasteiger partial charge in [-0.25, -0.2) is 4.39 Å². The van der Waals surface area contributed by atoms with Gasteiger partial charge in [0.05, 0.1) is 11.1 Å². The van der Waals surface area contributed by atoms with Gasteiger partial charge >= 0.3 is 0 Å². The van der Waals surface area contributed by atoms with Gasteiger partial charge in [0.15, 0.2) is 6.61 Å². The van der Waals surface area contributed by atoms with E-state index in [0.717, 1.165) is 18.6 Å². The summed E-state index contributed by atoms with van der Waals surface area (Å²) in [5, 5.41) is 29.7. The van der Waals surface area contributed by atoms with Crippen LogP contribution in [-0.4, -0.2) is 64.9 Å². The summed E-state index contributed by atoms with van der Waals surface area (Å²) in [5.74, 6) is -0.885. The number of nitrogens with one attached hydrogen (secondary N) is 2. The molecule has 0 saturated carbocycles. The fraction of sp³-hybridized carbons (Fsp3) is 0.370. The molecule has 1 unspecified atom stereocenters. The fourth-order valence-corrected chi connectivity index (χ4v) is 6.75. The van der Waals surface area contributed by atoms with Gasteiger partial charge in [0, 0.05) is 35.2 Å². The minimum absolute atomic E-state index is 0.0488. The number of carbonyl (C=O) groups excluding carboxylic acids is 2. The number of amides is 2. The summed E-state index contributed by atoms with van der Waals surface area (Å²) in [4.78, 5) is 30.4. The van der Waals surface area contributed by atoms with Crippen LogP contribution in [0.15, 0.2) is 41.6 Å². The van der Waals surface area contributed by atoms with E-state index >= 15 is 0 Å². The van der Waals surface area contributed by atoms with E-state index < -0.39 is 51.8 Å². The number of anilines is 2. The second kappa shape index (κ2) is 14.9. The average molecular weight is 614 g/mol. The average Bonchev–Trinajstić information content (AvgIpc) is 3.23. The molecule has 13 heteroatoms. The Morgan fingerprint density at radius 1 is 1.32 bits per heavy atom. The van der Waals surface area contributed by atoms with E-state index in [2.05, 4.69) is 27.5 Å². The maximum Gasteiger partial charge on any atom is 0.265 e. The molecule has 0 fully saturated rings. The number of rotatable bonds is 13. The molecule has 0 bridgehead atoms.